The van der Waals surface area contributed by atoms with Gasteiger partial charge in [0, 0.05) is 12.1 Å². The molecule has 0 unspecified atom stereocenters. The molecule has 5 nitrogen and oxygen atoms in total. The van der Waals surface area contributed by atoms with E-state index in [2.05, 4.69) is 11.5 Å². The topological polar surface area (TPSA) is 66.8 Å². The Balaban J connectivity index is 4.15. The van der Waals surface area contributed by atoms with Gasteiger partial charge in [0.15, 0.2) is 0 Å². The summed E-state index contributed by atoms with van der Waals surface area (Å²) in [4.78, 5) is 24.2. The largest absolute Gasteiger partial charge is 0.478 e. The molecule has 0 saturated heterocycles. The molecule has 0 aliphatic heterocycles. The number of esters is 1. The summed E-state index contributed by atoms with van der Waals surface area (Å²) in [6, 6.07) is 0. The van der Waals surface area contributed by atoms with Crippen LogP contribution in [0.2, 0.25) is 0 Å². The Bertz CT molecular complexity index is 343. The van der Waals surface area contributed by atoms with Gasteiger partial charge in [-0.25, -0.2) is 9.59 Å². The van der Waals surface area contributed by atoms with Crippen molar-refractivity contribution in [3.63, 3.8) is 0 Å². The molecule has 1 N–H and O–H groups in total. The van der Waals surface area contributed by atoms with E-state index in [4.69, 9.17) is 9.84 Å². The van der Waals surface area contributed by atoms with Gasteiger partial charge in [0.25, 0.3) is 0 Å². The smallest absolute Gasteiger partial charge is 0.337 e. The van der Waals surface area contributed by atoms with Gasteiger partial charge in [-0.2, -0.15) is 0 Å². The summed E-state index contributed by atoms with van der Waals surface area (Å²) in [6.45, 7) is 11.7. The highest BCUT2D eigenvalue weighted by atomic mass is 16.5. The summed E-state index contributed by atoms with van der Waals surface area (Å²) < 4.78 is 5.00. The number of carboxylic acids is 1. The van der Waals surface area contributed by atoms with Crippen molar-refractivity contribution < 1.29 is 19.4 Å². The molecule has 0 amide bonds. The summed E-state index contributed by atoms with van der Waals surface area (Å²) in [7, 11) is 0. The number of nitrogens with zero attached hydrogens (tertiary/aromatic N) is 1. The third-order valence-electron chi connectivity index (χ3n) is 2.53. The lowest BCUT2D eigenvalue weighted by Gasteiger charge is -2.17. The van der Waals surface area contributed by atoms with Gasteiger partial charge >= 0.3 is 11.9 Å². The van der Waals surface area contributed by atoms with Crippen molar-refractivity contribution in [2.45, 2.75) is 20.8 Å². The maximum Gasteiger partial charge on any atom is 0.337 e. The Kier molecular flexibility index (Phi) is 7.71. The molecule has 0 saturated carbocycles. The molecular weight excluding hydrogens is 234 g/mol. The van der Waals surface area contributed by atoms with Crippen LogP contribution in [0.25, 0.3) is 0 Å². The lowest BCUT2D eigenvalue weighted by atomic mass is 10.2. The van der Waals surface area contributed by atoms with E-state index in [1.165, 1.54) is 13.0 Å². The Hall–Kier alpha value is -1.62. The van der Waals surface area contributed by atoms with Crippen LogP contribution in [0, 0.1) is 0 Å². The van der Waals surface area contributed by atoms with Gasteiger partial charge in [-0.05, 0) is 26.1 Å². The van der Waals surface area contributed by atoms with Crippen molar-refractivity contribution in [3.05, 3.63) is 23.8 Å². The quantitative estimate of drug-likeness (QED) is 0.404. The molecular formula is C13H21NO4. The monoisotopic (exact) mass is 255 g/mol. The zero-order valence-electron chi connectivity index (χ0n) is 11.2. The number of likely N-dealkylation sites (N-methyl/N-ethyl adjacent to an activating group) is 1. The minimum Gasteiger partial charge on any atom is -0.478 e. The zero-order valence-corrected chi connectivity index (χ0v) is 11.2. The molecule has 0 aliphatic carbocycles. The van der Waals surface area contributed by atoms with Crippen LogP contribution in [0.4, 0.5) is 0 Å². The Morgan fingerprint density at radius 2 is 1.89 bits per heavy atom. The second kappa shape index (κ2) is 8.47. The van der Waals surface area contributed by atoms with E-state index in [0.717, 1.165) is 13.1 Å². The van der Waals surface area contributed by atoms with E-state index in [1.54, 1.807) is 0 Å². The summed E-state index contributed by atoms with van der Waals surface area (Å²) >= 11 is 0. The van der Waals surface area contributed by atoms with Crippen molar-refractivity contribution >= 4 is 11.9 Å². The number of carbonyl (C=O) groups is 2. The summed E-state index contributed by atoms with van der Waals surface area (Å²) in [5.41, 5.74) is 0.107. The lowest BCUT2D eigenvalue weighted by Crippen LogP contribution is -2.28. The molecule has 0 radical (unpaired) electrons. The summed E-state index contributed by atoms with van der Waals surface area (Å²) in [6.07, 6.45) is 1.21. The number of rotatable bonds is 8. The van der Waals surface area contributed by atoms with E-state index in [0.29, 0.717) is 6.54 Å². The normalized spacial score (nSPS) is 11.4. The van der Waals surface area contributed by atoms with Crippen LogP contribution in [0.3, 0.4) is 0 Å². The molecule has 0 aliphatic rings. The van der Waals surface area contributed by atoms with Gasteiger partial charge in [0.1, 0.15) is 6.61 Å². The SMILES string of the molecule is C=C(C=C(C)C(=O)O)C(=O)OCCN(CC)CC. The average molecular weight is 255 g/mol. The number of hydrogen-bond acceptors (Lipinski definition) is 4. The number of hydrogen-bond donors (Lipinski definition) is 1. The third kappa shape index (κ3) is 6.20. The fraction of sp³-hybridized carbons (Fsp3) is 0.538. The van der Waals surface area contributed by atoms with Crippen LogP contribution < -0.4 is 0 Å². The first-order valence-corrected chi connectivity index (χ1v) is 5.92. The van der Waals surface area contributed by atoms with Crippen molar-refractivity contribution in [2.24, 2.45) is 0 Å². The number of aliphatic carboxylic acids is 1. The van der Waals surface area contributed by atoms with E-state index in [9.17, 15) is 9.59 Å². The first-order valence-electron chi connectivity index (χ1n) is 5.92. The van der Waals surface area contributed by atoms with Crippen molar-refractivity contribution in [1.82, 2.24) is 4.90 Å². The Morgan fingerprint density at radius 3 is 2.33 bits per heavy atom. The molecule has 0 bridgehead atoms. The average Bonchev–Trinajstić information content (AvgIpc) is 2.34. The van der Waals surface area contributed by atoms with Gasteiger partial charge in [-0.3, -0.25) is 0 Å². The highest BCUT2D eigenvalue weighted by molar-refractivity contribution is 5.94. The molecule has 0 aromatic carbocycles. The summed E-state index contributed by atoms with van der Waals surface area (Å²) in [5, 5.41) is 8.66. The molecule has 0 fully saturated rings. The fourth-order valence-electron chi connectivity index (χ4n) is 1.28. The highest BCUT2D eigenvalue weighted by Gasteiger charge is 2.09. The van der Waals surface area contributed by atoms with E-state index in [1.807, 2.05) is 13.8 Å². The lowest BCUT2D eigenvalue weighted by molar-refractivity contribution is -0.139. The third-order valence-corrected chi connectivity index (χ3v) is 2.53. The van der Waals surface area contributed by atoms with Crippen LogP contribution in [-0.2, 0) is 14.3 Å². The van der Waals surface area contributed by atoms with E-state index >= 15 is 0 Å². The molecule has 0 spiro atoms. The summed E-state index contributed by atoms with van der Waals surface area (Å²) in [5.74, 6) is -1.66. The number of carboxylic acid groups (broad SMARTS) is 1. The van der Waals surface area contributed by atoms with Gasteiger partial charge in [0.05, 0.1) is 5.57 Å². The maximum absolute atomic E-state index is 11.5. The maximum atomic E-state index is 11.5. The van der Waals surface area contributed by atoms with Crippen LogP contribution in [-0.4, -0.2) is 48.2 Å². The fourth-order valence-corrected chi connectivity index (χ4v) is 1.28. The van der Waals surface area contributed by atoms with Gasteiger partial charge in [0.2, 0.25) is 0 Å². The second-order valence-electron chi connectivity index (χ2n) is 3.82. The molecule has 0 atom stereocenters. The highest BCUT2D eigenvalue weighted by Crippen LogP contribution is 2.03. The molecule has 0 aromatic rings. The molecule has 18 heavy (non-hydrogen) atoms. The van der Waals surface area contributed by atoms with Crippen LogP contribution in [0.1, 0.15) is 20.8 Å². The minimum absolute atomic E-state index is 0.0504. The van der Waals surface area contributed by atoms with E-state index in [-0.39, 0.29) is 17.8 Å². The Labute approximate surface area is 108 Å². The first-order chi connectivity index (χ1) is 8.42. The molecule has 102 valence electrons. The van der Waals surface area contributed by atoms with Gasteiger partial charge in [-0.15, -0.1) is 0 Å². The van der Waals surface area contributed by atoms with Gasteiger partial charge < -0.3 is 14.7 Å². The molecule has 0 rings (SSSR count). The molecule has 0 aromatic heterocycles. The van der Waals surface area contributed by atoms with Crippen molar-refractivity contribution in [1.29, 1.82) is 0 Å². The predicted octanol–water partition coefficient (Wildman–Crippen LogP) is 1.46. The van der Waals surface area contributed by atoms with Crippen LogP contribution in [0.15, 0.2) is 23.8 Å². The van der Waals surface area contributed by atoms with E-state index < -0.39 is 11.9 Å². The number of carbonyl (C=O) groups excluding carboxylic acids is 1. The zero-order chi connectivity index (χ0) is 14.1. The second-order valence-corrected chi connectivity index (χ2v) is 3.82. The van der Waals surface area contributed by atoms with Gasteiger partial charge in [-0.1, -0.05) is 20.4 Å². The standard InChI is InChI=1S/C13H21NO4/c1-5-14(6-2)7-8-18-13(17)11(4)9-10(3)12(15)16/h9H,4-8H2,1-3H3,(H,15,16). The Morgan fingerprint density at radius 1 is 1.33 bits per heavy atom. The van der Waals surface area contributed by atoms with Crippen molar-refractivity contribution in [2.75, 3.05) is 26.2 Å². The van der Waals surface area contributed by atoms with Crippen LogP contribution >= 0.6 is 0 Å². The molecule has 5 heteroatoms. The number of ether oxygens (including phenoxy) is 1. The predicted molar refractivity (Wildman–Crippen MR) is 69.3 cm³/mol. The minimum atomic E-state index is -1.08. The first kappa shape index (κ1) is 16.4. The van der Waals surface area contributed by atoms with Crippen molar-refractivity contribution in [3.8, 4) is 0 Å². The molecule has 0 heterocycles. The van der Waals surface area contributed by atoms with Crippen LogP contribution in [0.5, 0.6) is 0 Å².